The molecule has 0 radical (unpaired) electrons. The topological polar surface area (TPSA) is 0 Å². The Kier molecular flexibility index (Phi) is 40.1. The Balaban J connectivity index is 0.000000388. The number of hydrogen-bond donors (Lipinski definition) is 0. The molecule has 6 aromatic rings. The second-order valence-corrected chi connectivity index (χ2v) is 83.6. The summed E-state index contributed by atoms with van der Waals surface area (Å²) in [5, 5.41) is 8.73. The molecule has 532 valence electrons. The molecule has 95 heavy (non-hydrogen) atoms. The molecule has 0 spiro atoms. The van der Waals surface area contributed by atoms with Gasteiger partial charge in [0.1, 0.15) is 0 Å². The summed E-state index contributed by atoms with van der Waals surface area (Å²) < 4.78 is 0. The Morgan fingerprint density at radius 2 is 0.411 bits per heavy atom. The summed E-state index contributed by atoms with van der Waals surface area (Å²) in [4.78, 5) is 0. The summed E-state index contributed by atoms with van der Waals surface area (Å²) in [5.41, 5.74) is 3.15. The summed E-state index contributed by atoms with van der Waals surface area (Å²) in [7, 11) is -0.410. The molecular weight excluding hydrogens is 1450 g/mol. The van der Waals surface area contributed by atoms with Crippen molar-refractivity contribution in [3.05, 3.63) is 181 Å². The molecular formula is C82H138Cl2P2PdSi8. The van der Waals surface area contributed by atoms with Crippen molar-refractivity contribution >= 4 is 131 Å². The zero-order valence-corrected chi connectivity index (χ0v) is 76.8. The fourth-order valence-corrected chi connectivity index (χ4v) is 39.7. The summed E-state index contributed by atoms with van der Waals surface area (Å²) in [6.07, 6.45) is 11.7. The monoisotopic (exact) mass is 1580 g/mol. The second-order valence-electron chi connectivity index (χ2n) is 33.6. The van der Waals surface area contributed by atoms with Gasteiger partial charge in [0, 0.05) is 48.4 Å². The van der Waals surface area contributed by atoms with E-state index in [1.54, 1.807) is 83.7 Å². The molecule has 6 aromatic carbocycles. The molecule has 0 aliphatic heterocycles. The van der Waals surface area contributed by atoms with Gasteiger partial charge in [-0.1, -0.05) is 449 Å². The molecule has 0 aliphatic carbocycles. The first-order valence-electron chi connectivity index (χ1n) is 37.9. The van der Waals surface area contributed by atoms with Gasteiger partial charge in [-0.3, -0.25) is 0 Å². The first kappa shape index (κ1) is 86.6. The van der Waals surface area contributed by atoms with Crippen LogP contribution in [0.4, 0.5) is 0 Å². The van der Waals surface area contributed by atoms with Crippen LogP contribution in [0.15, 0.2) is 170 Å². The van der Waals surface area contributed by atoms with Gasteiger partial charge < -0.3 is 0 Å². The van der Waals surface area contributed by atoms with Crippen molar-refractivity contribution in [1.29, 1.82) is 0 Å². The standard InChI is InChI=1S/2C41H69PSi4.2ClH.Pd/c2*1-10-43(4,5)31-19-34-46(35-20-32-44(6,7)11-2,36-21-33-45(8,9)12-3)37-30-38-26-28-41(29-27-38)42(39-22-15-13-16-23-39)40-24-17-14-18-25-40;;;/h2*13-18,22-29H,10-12,19-21,30-37H2,1-9H3;2*1H;/q;;;;+2/p-2. The third-order valence-electron chi connectivity index (χ3n) is 23.4. The van der Waals surface area contributed by atoms with Gasteiger partial charge in [-0.15, -0.1) is 0 Å². The quantitative estimate of drug-likeness (QED) is 0.0265. The van der Waals surface area contributed by atoms with Crippen molar-refractivity contribution in [2.75, 3.05) is 0 Å². The van der Waals surface area contributed by atoms with Gasteiger partial charge in [-0.25, -0.2) is 0 Å². The van der Waals surface area contributed by atoms with E-state index in [0.29, 0.717) is 0 Å². The van der Waals surface area contributed by atoms with Crippen LogP contribution >= 0.6 is 34.9 Å². The molecule has 0 saturated heterocycles. The summed E-state index contributed by atoms with van der Waals surface area (Å²) in [5.74, 6) is 0. The Morgan fingerprint density at radius 1 is 0.242 bits per heavy atom. The van der Waals surface area contributed by atoms with Gasteiger partial charge in [0.25, 0.3) is 0 Å². The Hall–Kier alpha value is -0.843. The molecule has 0 amide bonds. The van der Waals surface area contributed by atoms with Crippen molar-refractivity contribution < 1.29 is 15.9 Å². The van der Waals surface area contributed by atoms with Gasteiger partial charge in [-0.05, 0) is 71.6 Å². The van der Waals surface area contributed by atoms with Crippen LogP contribution < -0.4 is 31.8 Å². The van der Waals surface area contributed by atoms with Crippen LogP contribution in [-0.2, 0) is 28.8 Å². The molecule has 0 fully saturated rings. The first-order chi connectivity index (χ1) is 45.1. The normalized spacial score (nSPS) is 12.8. The molecule has 0 nitrogen and oxygen atoms in total. The first-order valence-corrected chi connectivity index (χ1v) is 70.7. The van der Waals surface area contributed by atoms with Crippen molar-refractivity contribution in [3.8, 4) is 0 Å². The van der Waals surface area contributed by atoms with E-state index in [9.17, 15) is 0 Å². The molecule has 0 atom stereocenters. The van der Waals surface area contributed by atoms with E-state index in [2.05, 4.69) is 290 Å². The number of halogens is 2. The summed E-state index contributed by atoms with van der Waals surface area (Å²) >= 11 is -0.106. The SMILES string of the molecule is CC[Si](C)(C)CCC[Si](CCC[Si](C)(C)CC)(CCC[Si](C)(C)CC)CCc1ccc(P(c2ccccc2)c2ccccc2)cc1.CC[Si](C)(C)CCC[Si](CCC[Si](C)(C)CC)(CCC[Si](C)(C)CC)CCc1ccc(P(c2ccccc2)c2ccccc2)cc1.[Cl][Pd][Cl]. The minimum atomic E-state index is -1.39. The Labute approximate surface area is 614 Å². The molecule has 0 heterocycles. The van der Waals surface area contributed by atoms with Crippen LogP contribution in [0.2, 0.25) is 199 Å². The third kappa shape index (κ3) is 33.0. The number of rotatable bonds is 42. The van der Waals surface area contributed by atoms with E-state index in [1.807, 2.05) is 0 Å². The maximum absolute atomic E-state index is 4.81. The zero-order chi connectivity index (χ0) is 70.1. The minimum absolute atomic E-state index is 0.106. The Bertz CT molecular complexity index is 2560. The Morgan fingerprint density at radius 3 is 0.579 bits per heavy atom. The van der Waals surface area contributed by atoms with E-state index in [0.717, 1.165) is 0 Å². The van der Waals surface area contributed by atoms with E-state index < -0.39 is 80.4 Å². The van der Waals surface area contributed by atoms with Crippen molar-refractivity contribution in [3.63, 3.8) is 0 Å². The summed E-state index contributed by atoms with van der Waals surface area (Å²) in [6, 6.07) is 95.1. The predicted molar refractivity (Wildman–Crippen MR) is 464 cm³/mol. The average Bonchev–Trinajstić information content (AvgIpc) is 0.852. The van der Waals surface area contributed by atoms with Crippen molar-refractivity contribution in [1.82, 2.24) is 0 Å². The van der Waals surface area contributed by atoms with Gasteiger partial charge in [0.05, 0.1) is 16.1 Å². The number of hydrogen-bond acceptors (Lipinski definition) is 0. The zero-order valence-electron chi connectivity index (χ0n) is 63.9. The number of aryl methyl sites for hydroxylation is 2. The van der Waals surface area contributed by atoms with Crippen LogP contribution in [0.5, 0.6) is 0 Å². The molecule has 0 N–H and O–H groups in total. The van der Waals surface area contributed by atoms with E-state index in [-0.39, 0.29) is 15.9 Å². The van der Waals surface area contributed by atoms with Gasteiger partial charge in [0.15, 0.2) is 0 Å². The van der Waals surface area contributed by atoms with E-state index in [1.165, 1.54) is 132 Å². The van der Waals surface area contributed by atoms with E-state index >= 15 is 0 Å². The van der Waals surface area contributed by atoms with E-state index in [4.69, 9.17) is 19.1 Å². The predicted octanol–water partition coefficient (Wildman–Crippen LogP) is 27.0. The van der Waals surface area contributed by atoms with Crippen LogP contribution in [0.1, 0.15) is 91.2 Å². The summed E-state index contributed by atoms with van der Waals surface area (Å²) in [6.45, 7) is 46.4. The fraction of sp³-hybridized carbons (Fsp3) is 0.561. The van der Waals surface area contributed by atoms with Gasteiger partial charge >= 0.3 is 35.0 Å². The van der Waals surface area contributed by atoms with Crippen molar-refractivity contribution in [2.45, 2.75) is 292 Å². The van der Waals surface area contributed by atoms with Crippen LogP contribution in [0.25, 0.3) is 0 Å². The molecule has 13 heteroatoms. The number of benzene rings is 6. The molecule has 0 bridgehead atoms. The van der Waals surface area contributed by atoms with Crippen molar-refractivity contribution in [2.24, 2.45) is 0 Å². The molecule has 0 saturated carbocycles. The fourth-order valence-electron chi connectivity index (χ4n) is 13.9. The molecule has 0 unspecified atom stereocenters. The van der Waals surface area contributed by atoms with Crippen LogP contribution in [0, 0.1) is 0 Å². The molecule has 0 aliphatic rings. The average molecular weight is 1590 g/mol. The van der Waals surface area contributed by atoms with Gasteiger partial charge in [-0.2, -0.15) is 0 Å². The second kappa shape index (κ2) is 44.0. The third-order valence-corrected chi connectivity index (χ3v) is 61.2. The van der Waals surface area contributed by atoms with Crippen LogP contribution in [0.3, 0.4) is 0 Å². The van der Waals surface area contributed by atoms with Gasteiger partial charge in [0.2, 0.25) is 0 Å². The maximum atomic E-state index is 4.81. The van der Waals surface area contributed by atoms with Crippen LogP contribution in [-0.4, -0.2) is 64.6 Å². The molecule has 6 rings (SSSR count). The molecule has 0 aromatic heterocycles.